The minimum Gasteiger partial charge on any atom is -0.508 e. The van der Waals surface area contributed by atoms with Crippen molar-refractivity contribution in [3.05, 3.63) is 120 Å². The van der Waals surface area contributed by atoms with Crippen LogP contribution in [0.1, 0.15) is 114 Å². The molecule has 0 unspecified atom stereocenters. The number of thioether (sulfide) groups is 2. The van der Waals surface area contributed by atoms with Crippen LogP contribution in [0.3, 0.4) is 0 Å². The van der Waals surface area contributed by atoms with E-state index in [1.165, 1.54) is 67.0 Å². The molecule has 0 radical (unpaired) electrons. The van der Waals surface area contributed by atoms with Crippen LogP contribution in [0.5, 0.6) is 5.75 Å². The van der Waals surface area contributed by atoms with Crippen LogP contribution in [-0.2, 0) is 117 Å². The summed E-state index contributed by atoms with van der Waals surface area (Å²) in [7, 11) is 0. The predicted molar refractivity (Wildman–Crippen MR) is 498 cm³/mol. The zero-order chi connectivity index (χ0) is 98.6. The molecule has 16 atom stereocenters. The first-order valence-electron chi connectivity index (χ1n) is 45.4. The Morgan fingerprint density at radius 3 is 1.66 bits per heavy atom. The third kappa shape index (κ3) is 37.1. The number of H-pyrrole nitrogens is 1. The van der Waals surface area contributed by atoms with Gasteiger partial charge in [-0.1, -0.05) is 79.2 Å². The molecule has 17 amide bonds. The van der Waals surface area contributed by atoms with E-state index in [-0.39, 0.29) is 172 Å². The molecule has 47 heteroatoms. The van der Waals surface area contributed by atoms with Crippen LogP contribution in [0.2, 0.25) is 0 Å². The van der Waals surface area contributed by atoms with E-state index in [1.807, 2.05) is 11.8 Å². The summed E-state index contributed by atoms with van der Waals surface area (Å²) in [4.78, 5) is 229. The van der Waals surface area contributed by atoms with Crippen LogP contribution in [0.15, 0.2) is 97.5 Å². The number of imidazole rings is 1. The Labute approximate surface area is 796 Å². The summed E-state index contributed by atoms with van der Waals surface area (Å²) in [6.45, 7) is 3.39. The maximum atomic E-state index is 15.1. The summed E-state index contributed by atoms with van der Waals surface area (Å²) in [5.41, 5.74) is 13.4. The van der Waals surface area contributed by atoms with E-state index in [4.69, 9.17) is 35.8 Å². The molecule has 0 bridgehead atoms. The van der Waals surface area contributed by atoms with Gasteiger partial charge in [-0.25, -0.2) is 9.78 Å². The molecular weight excluding hydrogens is 1810 g/mol. The van der Waals surface area contributed by atoms with E-state index in [0.717, 1.165) is 25.0 Å². The van der Waals surface area contributed by atoms with Crippen LogP contribution in [0, 0.1) is 5.41 Å². The van der Waals surface area contributed by atoms with Gasteiger partial charge in [0.15, 0.2) is 5.96 Å². The molecule has 0 spiro atoms. The summed E-state index contributed by atoms with van der Waals surface area (Å²) in [5.74, 6) is -10.8. The Bertz CT molecular complexity index is 4610. The van der Waals surface area contributed by atoms with Crippen LogP contribution < -0.4 is 91.2 Å². The Hall–Kier alpha value is -12.3. The quantitative estimate of drug-likeness (QED) is 0.00853. The number of aromatic amines is 1. The molecule has 1 aromatic heterocycles. The Morgan fingerprint density at radius 2 is 1.06 bits per heavy atom. The first-order valence-corrected chi connectivity index (χ1v) is 47.9. The van der Waals surface area contributed by atoms with Crippen molar-refractivity contribution < 1.29 is 111 Å². The standard InChI is InChI=1S/C89H130N22O23S2/c1-52(86(128)110-33-14-21-67(110)82(124)101-60(20-13-30-96-88(91)92)79(121)105-65(44-56-18-9-6-10-19-56)87(129)111-34-15-22-68(111)83(125)104-64(45-58-46-93-51-98-58)80(122)103-62(77(90)119)42-57-25-27-59(114)28-26-57)99-84(126)75(54(3)113)108-81(123)63(43-55-16-7-5-8-17-55)100-71(116)47-97-78(120)61(29-41-135-4)102-85(127)74(53(2)112)107-73(118)49-134-40-38-132-36-32-95-72(117)48-133-39-37-131-35-31-94-70(115)24-12-11-23-69-76-66(50-136-69)106-89(130)109-76/h5-10,16-19,25-28,46,51-54,60-69,74-76,112-114H,11-15,20-24,29-45,47-50H2,1-4H3,(H2,90,119)(H,93,98)(H,94,115)(H,95,117)(H,97,120)(H,99,126)(H,100,116)(H,101,124)(H,102,127)(H,103,122)(H,104,125)(H,105,121)(H,107,118)(H,108,123)(H4,91,92,96)(H2,106,109,130)/t52-,53+,54+,60-,61-,62-,63-,64-,65-,66-,67-,68-,69-,74-,75-,76-/m0/s1. The van der Waals surface area contributed by atoms with Gasteiger partial charge in [0.05, 0.1) is 76.8 Å². The number of aromatic hydroxyl groups is 1. The fourth-order valence-corrected chi connectivity index (χ4v) is 17.6. The number of nitrogens with zero attached hydrogens (tertiary/aromatic N) is 3. The van der Waals surface area contributed by atoms with Crippen molar-refractivity contribution >= 4 is 124 Å². The van der Waals surface area contributed by atoms with Gasteiger partial charge in [0.25, 0.3) is 0 Å². The van der Waals surface area contributed by atoms with E-state index in [2.05, 4.69) is 89.7 Å². The van der Waals surface area contributed by atoms with E-state index < -0.39 is 175 Å². The van der Waals surface area contributed by atoms with Gasteiger partial charge in [0, 0.05) is 87.7 Å². The minimum atomic E-state index is -1.78. The highest BCUT2D eigenvalue weighted by atomic mass is 32.2. The molecule has 746 valence electrons. The number of ether oxygens (including phenoxy) is 4. The molecule has 4 saturated heterocycles. The van der Waals surface area contributed by atoms with Gasteiger partial charge in [-0.15, -0.1) is 0 Å². The lowest BCUT2D eigenvalue weighted by molar-refractivity contribution is -0.143. The Kier molecular flexibility index (Phi) is 46.2. The zero-order valence-electron chi connectivity index (χ0n) is 76.7. The number of aliphatic hydroxyl groups excluding tert-OH is 2. The molecule has 0 aliphatic carbocycles. The second-order valence-electron chi connectivity index (χ2n) is 33.4. The van der Waals surface area contributed by atoms with Gasteiger partial charge in [-0.05, 0) is 119 Å². The van der Waals surface area contributed by atoms with Crippen molar-refractivity contribution in [3.63, 3.8) is 0 Å². The molecule has 136 heavy (non-hydrogen) atoms. The highest BCUT2D eigenvalue weighted by molar-refractivity contribution is 8.00. The fraction of sp³-hybridized carbons (Fsp3) is 0.573. The number of nitrogens with one attached hydrogen (secondary N) is 17. The smallest absolute Gasteiger partial charge is 0.315 e. The predicted octanol–water partition coefficient (Wildman–Crippen LogP) is -4.84. The van der Waals surface area contributed by atoms with E-state index in [9.17, 15) is 87.2 Å². The Balaban J connectivity index is 0.784. The molecule has 0 saturated carbocycles. The number of amides is 17. The number of hydrogen-bond acceptors (Lipinski definition) is 27. The number of unbranched alkanes of at least 4 members (excludes halogenated alkanes) is 1. The van der Waals surface area contributed by atoms with Crippen LogP contribution in [-0.4, -0.2) is 342 Å². The van der Waals surface area contributed by atoms with Gasteiger partial charge in [-0.3, -0.25) is 77.3 Å². The number of primary amides is 1. The molecule has 4 aromatic rings. The van der Waals surface area contributed by atoms with Gasteiger partial charge in [0.1, 0.15) is 85.4 Å². The number of benzene rings is 3. The van der Waals surface area contributed by atoms with Crippen molar-refractivity contribution in [1.29, 1.82) is 5.41 Å². The van der Waals surface area contributed by atoms with Crippen molar-refractivity contribution in [2.75, 3.05) is 110 Å². The topological polar surface area (TPSA) is 662 Å². The van der Waals surface area contributed by atoms with E-state index >= 15 is 4.79 Å². The number of aromatic nitrogens is 2. The van der Waals surface area contributed by atoms with E-state index in [0.29, 0.717) is 52.8 Å². The van der Waals surface area contributed by atoms with Crippen LogP contribution in [0.4, 0.5) is 4.79 Å². The van der Waals surface area contributed by atoms with Crippen molar-refractivity contribution in [2.24, 2.45) is 11.5 Å². The first-order chi connectivity index (χ1) is 65.2. The average molecular weight is 1940 g/mol. The molecule has 5 heterocycles. The maximum Gasteiger partial charge on any atom is 0.315 e. The molecule has 3 aromatic carbocycles. The van der Waals surface area contributed by atoms with Crippen LogP contribution >= 0.6 is 23.5 Å². The average Bonchev–Trinajstić information content (AvgIpc) is 1.65. The lowest BCUT2D eigenvalue weighted by Gasteiger charge is -2.32. The molecule has 24 N–H and O–H groups in total. The lowest BCUT2D eigenvalue weighted by Crippen LogP contribution is -2.61. The zero-order valence-corrected chi connectivity index (χ0v) is 78.3. The second kappa shape index (κ2) is 57.6. The fourth-order valence-electron chi connectivity index (χ4n) is 15.6. The van der Waals surface area contributed by atoms with Crippen LogP contribution in [0.25, 0.3) is 0 Å². The van der Waals surface area contributed by atoms with Gasteiger partial charge in [-0.2, -0.15) is 23.5 Å². The molecule has 4 fully saturated rings. The van der Waals surface area contributed by atoms with Gasteiger partial charge < -0.3 is 140 Å². The number of nitrogens with two attached hydrogens (primary N) is 2. The molecule has 4 aliphatic rings. The highest BCUT2D eigenvalue weighted by Crippen LogP contribution is 2.33. The third-order valence-corrected chi connectivity index (χ3v) is 24.9. The molecule has 8 rings (SSSR count). The number of carbonyl (C=O) groups is 16. The number of hydrogen-bond donors (Lipinski definition) is 22. The van der Waals surface area contributed by atoms with Crippen molar-refractivity contribution in [1.82, 2.24) is 99.5 Å². The third-order valence-electron chi connectivity index (χ3n) is 22.7. The minimum absolute atomic E-state index is 0.00479. The number of rotatable bonds is 60. The van der Waals surface area contributed by atoms with Crippen molar-refractivity contribution in [3.8, 4) is 5.75 Å². The second-order valence-corrected chi connectivity index (χ2v) is 35.6. The number of fused-ring (bicyclic) bond motifs is 1. The summed E-state index contributed by atoms with van der Waals surface area (Å²) in [6, 6.07) is 7.64. The number of phenols is 1. The summed E-state index contributed by atoms with van der Waals surface area (Å²) < 4.78 is 21.7. The summed E-state index contributed by atoms with van der Waals surface area (Å²) in [5, 5.41) is 79.6. The monoisotopic (exact) mass is 1940 g/mol. The summed E-state index contributed by atoms with van der Waals surface area (Å²) >= 11 is 3.17. The SMILES string of the molecule is CSCC[C@H](NC(=O)[C@@H](NC(=O)COCCOCCNC(=O)COCCOCCNC(=O)CCCC[C@@H]1SC[C@@H]2NC(=O)N[C@@H]21)[C@@H](C)O)C(=O)NCC(=O)N[C@@H](Cc1ccccc1)C(=O)N[C@H](C(=O)N[C@@H](C)C(=O)N1CCC[C@H]1C(=O)N[C@@H](CCCNC(=N)N)C(=O)N[C@@H](Cc1ccccc1)C(=O)N1CCC[C@H]1C(=O)N[C@@H](Cc1cnc[nH]1)C(=O)N[C@@H](Cc1ccc(O)cc1)C(N)=O)[C@@H](C)O. The molecular formula is C89H130N22O23S2. The van der Waals surface area contributed by atoms with Gasteiger partial charge in [0.2, 0.25) is 88.6 Å². The summed E-state index contributed by atoms with van der Waals surface area (Å²) in [6.07, 6.45) is 4.72. The number of aliphatic hydroxyl groups is 2. The lowest BCUT2D eigenvalue weighted by atomic mass is 10.0. The number of phenolic OH excluding ortho intramolecular Hbond substituents is 1. The van der Waals surface area contributed by atoms with Gasteiger partial charge >= 0.3 is 6.03 Å². The molecule has 4 aliphatic heterocycles. The number of carbonyl (C=O) groups excluding carboxylic acids is 16. The highest BCUT2D eigenvalue weighted by Gasteiger charge is 2.45. The van der Waals surface area contributed by atoms with Crippen molar-refractivity contribution in [2.45, 2.75) is 213 Å². The molecule has 45 nitrogen and oxygen atoms in total. The normalized spacial score (nSPS) is 18.4. The Morgan fingerprint density at radius 1 is 0.529 bits per heavy atom. The van der Waals surface area contributed by atoms with E-state index in [1.54, 1.807) is 79.1 Å². The number of guanidine groups is 1. The number of urea groups is 1. The first kappa shape index (κ1) is 109. The largest absolute Gasteiger partial charge is 0.508 e. The number of likely N-dealkylation sites (tertiary alicyclic amines) is 2. The maximum absolute atomic E-state index is 15.1.